The Morgan fingerprint density at radius 1 is 1.56 bits per heavy atom. The van der Waals surface area contributed by atoms with Gasteiger partial charge in [-0.25, -0.2) is 0 Å². The third kappa shape index (κ3) is 4.00. The molecule has 0 amide bonds. The molecular formula is C12H26N4. The highest BCUT2D eigenvalue weighted by Gasteiger charge is 2.20. The highest BCUT2D eigenvalue weighted by molar-refractivity contribution is 5.79. The van der Waals surface area contributed by atoms with Gasteiger partial charge < -0.3 is 15.5 Å². The maximum absolute atomic E-state index is 4.24. The van der Waals surface area contributed by atoms with Gasteiger partial charge in [0.2, 0.25) is 0 Å². The van der Waals surface area contributed by atoms with Crippen molar-refractivity contribution < 1.29 is 0 Å². The summed E-state index contributed by atoms with van der Waals surface area (Å²) < 4.78 is 0. The molecule has 0 aromatic rings. The predicted octanol–water partition coefficient (Wildman–Crippen LogP) is 1.04. The fourth-order valence-corrected chi connectivity index (χ4v) is 1.98. The number of likely N-dealkylation sites (tertiary alicyclic amines) is 1. The van der Waals surface area contributed by atoms with Gasteiger partial charge in [-0.3, -0.25) is 4.99 Å². The number of guanidine groups is 1. The summed E-state index contributed by atoms with van der Waals surface area (Å²) in [5.41, 5.74) is 0. The molecule has 4 nitrogen and oxygen atoms in total. The van der Waals surface area contributed by atoms with Crippen LogP contribution >= 0.6 is 0 Å². The number of aliphatic imine (C=N–C) groups is 1. The van der Waals surface area contributed by atoms with Crippen LogP contribution in [0, 0.1) is 0 Å². The third-order valence-electron chi connectivity index (χ3n) is 3.40. The van der Waals surface area contributed by atoms with E-state index in [9.17, 15) is 0 Å². The van der Waals surface area contributed by atoms with Gasteiger partial charge in [0.25, 0.3) is 0 Å². The van der Waals surface area contributed by atoms with Gasteiger partial charge >= 0.3 is 0 Å². The topological polar surface area (TPSA) is 39.7 Å². The minimum absolute atomic E-state index is 0.479. The first kappa shape index (κ1) is 13.3. The zero-order chi connectivity index (χ0) is 12.0. The van der Waals surface area contributed by atoms with Gasteiger partial charge in [-0.2, -0.15) is 0 Å². The summed E-state index contributed by atoms with van der Waals surface area (Å²) >= 11 is 0. The minimum Gasteiger partial charge on any atom is -0.355 e. The molecule has 0 aromatic heterocycles. The average molecular weight is 226 g/mol. The lowest BCUT2D eigenvalue weighted by atomic mass is 10.2. The maximum Gasteiger partial charge on any atom is 0.191 e. The number of likely N-dealkylation sites (N-methyl/N-ethyl adjacent to an activating group) is 1. The van der Waals surface area contributed by atoms with Crippen molar-refractivity contribution >= 4 is 5.96 Å². The molecule has 4 heteroatoms. The Bertz CT molecular complexity index is 227. The molecule has 1 aliphatic heterocycles. The predicted molar refractivity (Wildman–Crippen MR) is 69.9 cm³/mol. The lowest BCUT2D eigenvalue weighted by molar-refractivity contribution is 0.309. The first-order valence-corrected chi connectivity index (χ1v) is 6.34. The van der Waals surface area contributed by atoms with Gasteiger partial charge in [0.1, 0.15) is 0 Å². The molecule has 0 aliphatic carbocycles. The van der Waals surface area contributed by atoms with Crippen LogP contribution < -0.4 is 10.6 Å². The quantitative estimate of drug-likeness (QED) is 0.556. The molecule has 1 fully saturated rings. The fourth-order valence-electron chi connectivity index (χ4n) is 1.98. The Balaban J connectivity index is 2.28. The van der Waals surface area contributed by atoms with Crippen molar-refractivity contribution in [3.63, 3.8) is 0 Å². The highest BCUT2D eigenvalue weighted by atomic mass is 15.2. The second kappa shape index (κ2) is 6.74. The van der Waals surface area contributed by atoms with Crippen LogP contribution in [0.15, 0.2) is 4.99 Å². The Kier molecular flexibility index (Phi) is 5.60. The second-order valence-electron chi connectivity index (χ2n) is 4.68. The molecule has 2 atom stereocenters. The van der Waals surface area contributed by atoms with Crippen molar-refractivity contribution in [2.75, 3.05) is 27.2 Å². The highest BCUT2D eigenvalue weighted by Crippen LogP contribution is 2.13. The summed E-state index contributed by atoms with van der Waals surface area (Å²) in [5, 5.41) is 6.78. The summed E-state index contributed by atoms with van der Waals surface area (Å²) in [6.07, 6.45) is 3.73. The minimum atomic E-state index is 0.479. The molecule has 1 saturated heterocycles. The Morgan fingerprint density at radius 3 is 2.81 bits per heavy atom. The van der Waals surface area contributed by atoms with Crippen molar-refractivity contribution in [1.29, 1.82) is 0 Å². The van der Waals surface area contributed by atoms with E-state index < -0.39 is 0 Å². The summed E-state index contributed by atoms with van der Waals surface area (Å²) in [6.45, 7) is 6.57. The van der Waals surface area contributed by atoms with Crippen LogP contribution in [-0.2, 0) is 0 Å². The molecule has 1 rings (SSSR count). The molecule has 2 N–H and O–H groups in total. The monoisotopic (exact) mass is 226 g/mol. The zero-order valence-electron chi connectivity index (χ0n) is 11.1. The van der Waals surface area contributed by atoms with E-state index >= 15 is 0 Å². The van der Waals surface area contributed by atoms with E-state index in [1.165, 1.54) is 19.4 Å². The lowest BCUT2D eigenvalue weighted by Crippen LogP contribution is -2.46. The largest absolute Gasteiger partial charge is 0.355 e. The second-order valence-corrected chi connectivity index (χ2v) is 4.68. The van der Waals surface area contributed by atoms with Crippen LogP contribution in [0.1, 0.15) is 33.1 Å². The Labute approximate surface area is 99.5 Å². The molecule has 0 bridgehead atoms. The molecule has 0 aromatic carbocycles. The van der Waals surface area contributed by atoms with Gasteiger partial charge in [0.15, 0.2) is 5.96 Å². The van der Waals surface area contributed by atoms with E-state index in [1.807, 2.05) is 7.05 Å². The molecule has 16 heavy (non-hydrogen) atoms. The van der Waals surface area contributed by atoms with Gasteiger partial charge in [-0.15, -0.1) is 0 Å². The normalized spacial score (nSPS) is 24.5. The maximum atomic E-state index is 4.24. The molecular weight excluding hydrogens is 200 g/mol. The Hall–Kier alpha value is -0.770. The van der Waals surface area contributed by atoms with Gasteiger partial charge in [-0.05, 0) is 39.8 Å². The van der Waals surface area contributed by atoms with E-state index in [2.05, 4.69) is 41.4 Å². The summed E-state index contributed by atoms with van der Waals surface area (Å²) in [5.74, 6) is 0.926. The molecule has 1 heterocycles. The van der Waals surface area contributed by atoms with Crippen molar-refractivity contribution in [2.24, 2.45) is 4.99 Å². The summed E-state index contributed by atoms with van der Waals surface area (Å²) in [7, 11) is 4.03. The molecule has 94 valence electrons. The van der Waals surface area contributed by atoms with Crippen LogP contribution in [0.3, 0.4) is 0 Å². The van der Waals surface area contributed by atoms with Gasteiger partial charge in [0, 0.05) is 25.7 Å². The van der Waals surface area contributed by atoms with Gasteiger partial charge in [-0.1, -0.05) is 6.92 Å². The van der Waals surface area contributed by atoms with E-state index in [0.29, 0.717) is 12.1 Å². The van der Waals surface area contributed by atoms with Crippen molar-refractivity contribution in [3.05, 3.63) is 0 Å². The molecule has 0 spiro atoms. The van der Waals surface area contributed by atoms with E-state index in [4.69, 9.17) is 0 Å². The van der Waals surface area contributed by atoms with Gasteiger partial charge in [0.05, 0.1) is 0 Å². The lowest BCUT2D eigenvalue weighted by Gasteiger charge is -2.22. The number of hydrogen-bond acceptors (Lipinski definition) is 2. The van der Waals surface area contributed by atoms with Crippen LogP contribution in [0.2, 0.25) is 0 Å². The van der Waals surface area contributed by atoms with E-state index in [0.717, 1.165) is 18.9 Å². The third-order valence-corrected chi connectivity index (χ3v) is 3.40. The first-order valence-electron chi connectivity index (χ1n) is 6.34. The van der Waals surface area contributed by atoms with Crippen molar-refractivity contribution in [1.82, 2.24) is 15.5 Å². The zero-order valence-corrected chi connectivity index (χ0v) is 11.1. The van der Waals surface area contributed by atoms with Crippen molar-refractivity contribution in [2.45, 2.75) is 45.2 Å². The number of rotatable bonds is 4. The number of hydrogen-bond donors (Lipinski definition) is 2. The smallest absolute Gasteiger partial charge is 0.191 e. The SMILES string of the molecule is CCC(C)NC(=NC)NCC1CCCN1C. The average Bonchev–Trinajstić information content (AvgIpc) is 2.69. The fraction of sp³-hybridized carbons (Fsp3) is 0.917. The van der Waals surface area contributed by atoms with Crippen LogP contribution in [-0.4, -0.2) is 50.1 Å². The number of nitrogens with one attached hydrogen (secondary N) is 2. The Morgan fingerprint density at radius 2 is 2.31 bits per heavy atom. The van der Waals surface area contributed by atoms with Crippen LogP contribution in [0.25, 0.3) is 0 Å². The molecule has 0 saturated carbocycles. The summed E-state index contributed by atoms with van der Waals surface area (Å²) in [6, 6.07) is 1.14. The van der Waals surface area contributed by atoms with Crippen LogP contribution in [0.4, 0.5) is 0 Å². The number of nitrogens with zero attached hydrogens (tertiary/aromatic N) is 2. The first-order chi connectivity index (χ1) is 7.67. The molecule has 0 radical (unpaired) electrons. The molecule has 2 unspecified atom stereocenters. The van der Waals surface area contributed by atoms with E-state index in [1.54, 1.807) is 0 Å². The standard InChI is InChI=1S/C12H26N4/c1-5-10(2)15-12(13-3)14-9-11-7-6-8-16(11)4/h10-11H,5-9H2,1-4H3,(H2,13,14,15). The van der Waals surface area contributed by atoms with Crippen molar-refractivity contribution in [3.8, 4) is 0 Å². The van der Waals surface area contributed by atoms with Crippen LogP contribution in [0.5, 0.6) is 0 Å². The molecule has 1 aliphatic rings. The van der Waals surface area contributed by atoms with E-state index in [-0.39, 0.29) is 0 Å². The summed E-state index contributed by atoms with van der Waals surface area (Å²) in [4.78, 5) is 6.66.